The fourth-order valence-electron chi connectivity index (χ4n) is 1.10. The van der Waals surface area contributed by atoms with Gasteiger partial charge in [-0.1, -0.05) is 12.1 Å². The van der Waals surface area contributed by atoms with Gasteiger partial charge in [-0.25, -0.2) is 0 Å². The van der Waals surface area contributed by atoms with Gasteiger partial charge in [0.05, 0.1) is 0 Å². The molecular formula is C11H12F3NO2S. The van der Waals surface area contributed by atoms with Gasteiger partial charge in [-0.15, -0.1) is 0 Å². The number of aliphatic hydroxyl groups is 1. The van der Waals surface area contributed by atoms with Crippen LogP contribution in [-0.2, 0) is 0 Å². The Morgan fingerprint density at radius 2 is 1.78 bits per heavy atom. The molecule has 0 aliphatic carbocycles. The average molecular weight is 279 g/mol. The lowest BCUT2D eigenvalue weighted by atomic mass is 10.1. The lowest BCUT2D eigenvalue weighted by Gasteiger charge is -2.15. The predicted octanol–water partition coefficient (Wildman–Crippen LogP) is 3.06. The smallest absolute Gasteiger partial charge is 0.379 e. The maximum Gasteiger partial charge on any atom is 0.418 e. The molecule has 0 fully saturated rings. The van der Waals surface area contributed by atoms with Crippen molar-refractivity contribution in [2.24, 2.45) is 0 Å². The summed E-state index contributed by atoms with van der Waals surface area (Å²) in [6.45, 7) is 0. The molecule has 0 aromatic heterocycles. The molecule has 0 radical (unpaired) electrons. The van der Waals surface area contributed by atoms with Gasteiger partial charge in [0.25, 0.3) is 5.24 Å². The van der Waals surface area contributed by atoms with Gasteiger partial charge in [-0.3, -0.25) is 4.79 Å². The van der Waals surface area contributed by atoms with Gasteiger partial charge in [0.1, 0.15) is 0 Å². The highest BCUT2D eigenvalue weighted by molar-refractivity contribution is 8.13. The first-order chi connectivity index (χ1) is 8.21. The van der Waals surface area contributed by atoms with E-state index in [1.165, 1.54) is 17.0 Å². The Hall–Kier alpha value is -1.21. The topological polar surface area (TPSA) is 40.5 Å². The molecule has 0 bridgehead atoms. The molecule has 1 aromatic carbocycles. The number of halogens is 3. The van der Waals surface area contributed by atoms with E-state index in [4.69, 9.17) is 5.11 Å². The Kier molecular flexibility index (Phi) is 4.64. The summed E-state index contributed by atoms with van der Waals surface area (Å²) in [7, 11) is 3.16. The Morgan fingerprint density at radius 1 is 1.28 bits per heavy atom. The second kappa shape index (κ2) is 5.62. The summed E-state index contributed by atoms with van der Waals surface area (Å²) < 4.78 is 36.7. The fourth-order valence-corrected chi connectivity index (χ4v) is 1.76. The molecule has 0 aliphatic rings. The van der Waals surface area contributed by atoms with Crippen molar-refractivity contribution in [1.29, 1.82) is 0 Å². The van der Waals surface area contributed by atoms with Gasteiger partial charge in [-0.2, -0.15) is 13.2 Å². The van der Waals surface area contributed by atoms with Crippen molar-refractivity contribution in [2.45, 2.75) is 17.2 Å². The van der Waals surface area contributed by atoms with Crippen LogP contribution < -0.4 is 0 Å². The van der Waals surface area contributed by atoms with Crippen LogP contribution in [0.1, 0.15) is 11.7 Å². The molecular weight excluding hydrogens is 267 g/mol. The van der Waals surface area contributed by atoms with E-state index in [9.17, 15) is 18.0 Å². The highest BCUT2D eigenvalue weighted by atomic mass is 32.2. The number of hydrogen-bond donors (Lipinski definition) is 1. The number of thioether (sulfide) groups is 1. The molecule has 7 heteroatoms. The lowest BCUT2D eigenvalue weighted by Crippen LogP contribution is -2.20. The van der Waals surface area contributed by atoms with Crippen molar-refractivity contribution in [2.75, 3.05) is 14.1 Å². The van der Waals surface area contributed by atoms with Crippen LogP contribution in [0, 0.1) is 0 Å². The summed E-state index contributed by atoms with van der Waals surface area (Å²) in [5.74, 6) is 0. The average Bonchev–Trinajstić information content (AvgIpc) is 2.27. The fraction of sp³-hybridized carbons (Fsp3) is 0.364. The van der Waals surface area contributed by atoms with E-state index in [0.29, 0.717) is 4.90 Å². The Morgan fingerprint density at radius 3 is 2.17 bits per heavy atom. The molecule has 0 saturated heterocycles. The number of aliphatic hydroxyl groups excluding tert-OH is 1. The summed E-state index contributed by atoms with van der Waals surface area (Å²) in [5.41, 5.74) is -0.246. The van der Waals surface area contributed by atoms with Crippen LogP contribution in [0.15, 0.2) is 29.2 Å². The van der Waals surface area contributed by atoms with Crippen LogP contribution in [0.5, 0.6) is 0 Å². The van der Waals surface area contributed by atoms with Gasteiger partial charge in [0.15, 0.2) is 6.10 Å². The molecule has 18 heavy (non-hydrogen) atoms. The van der Waals surface area contributed by atoms with E-state index in [-0.39, 0.29) is 10.8 Å². The van der Waals surface area contributed by atoms with Crippen LogP contribution in [0.4, 0.5) is 18.0 Å². The second-order valence-corrected chi connectivity index (χ2v) is 4.80. The third-order valence-electron chi connectivity index (χ3n) is 2.08. The third-order valence-corrected chi connectivity index (χ3v) is 3.12. The number of carbonyl (C=O) groups is 1. The highest BCUT2D eigenvalue weighted by Gasteiger charge is 2.39. The standard InChI is InChI=1S/C11H12F3NO2S/c1-15(2)10(17)18-8-5-3-7(4-6-8)9(16)11(12,13)14/h3-6,9,16H,1-2H3. The van der Waals surface area contributed by atoms with Crippen LogP contribution in [0.25, 0.3) is 0 Å². The molecule has 1 unspecified atom stereocenters. The van der Waals surface area contributed by atoms with E-state index in [0.717, 1.165) is 23.9 Å². The van der Waals surface area contributed by atoms with Gasteiger partial charge in [-0.05, 0) is 29.5 Å². The summed E-state index contributed by atoms with van der Waals surface area (Å²) in [6, 6.07) is 5.06. The van der Waals surface area contributed by atoms with Gasteiger partial charge < -0.3 is 10.0 Å². The lowest BCUT2D eigenvalue weighted by molar-refractivity contribution is -0.206. The van der Waals surface area contributed by atoms with Crippen molar-refractivity contribution in [3.8, 4) is 0 Å². The van der Waals surface area contributed by atoms with Crippen LogP contribution >= 0.6 is 11.8 Å². The molecule has 0 spiro atoms. The second-order valence-electron chi connectivity index (χ2n) is 3.78. The minimum absolute atomic E-state index is 0.223. The molecule has 3 nitrogen and oxygen atoms in total. The Bertz CT molecular complexity index is 417. The van der Waals surface area contributed by atoms with E-state index < -0.39 is 12.3 Å². The molecule has 1 amide bonds. The summed E-state index contributed by atoms with van der Waals surface area (Å²) in [4.78, 5) is 13.2. The summed E-state index contributed by atoms with van der Waals surface area (Å²) in [5, 5.41) is 8.79. The molecule has 1 aromatic rings. The number of hydrogen-bond acceptors (Lipinski definition) is 3. The number of carbonyl (C=O) groups excluding carboxylic acids is 1. The zero-order valence-electron chi connectivity index (χ0n) is 9.73. The number of nitrogens with zero attached hydrogens (tertiary/aromatic N) is 1. The Labute approximate surface area is 107 Å². The molecule has 0 heterocycles. The van der Waals surface area contributed by atoms with Crippen molar-refractivity contribution in [3.05, 3.63) is 29.8 Å². The Balaban J connectivity index is 2.78. The first kappa shape index (κ1) is 14.8. The SMILES string of the molecule is CN(C)C(=O)Sc1ccc(C(O)C(F)(F)F)cc1. The number of alkyl halides is 3. The van der Waals surface area contributed by atoms with Crippen molar-refractivity contribution in [3.63, 3.8) is 0 Å². The minimum Gasteiger partial charge on any atom is -0.379 e. The van der Waals surface area contributed by atoms with E-state index in [2.05, 4.69) is 0 Å². The van der Waals surface area contributed by atoms with Crippen molar-refractivity contribution in [1.82, 2.24) is 4.90 Å². The first-order valence-electron chi connectivity index (χ1n) is 4.95. The van der Waals surface area contributed by atoms with Crippen molar-refractivity contribution < 1.29 is 23.1 Å². The molecule has 0 aliphatic heterocycles. The zero-order chi connectivity index (χ0) is 13.9. The molecule has 1 atom stereocenters. The number of benzene rings is 1. The number of amides is 1. The van der Waals surface area contributed by atoms with E-state index in [1.807, 2.05) is 0 Å². The van der Waals surface area contributed by atoms with E-state index in [1.54, 1.807) is 14.1 Å². The summed E-state index contributed by atoms with van der Waals surface area (Å²) in [6.07, 6.45) is -7.19. The van der Waals surface area contributed by atoms with Crippen LogP contribution in [-0.4, -0.2) is 35.5 Å². The largest absolute Gasteiger partial charge is 0.418 e. The van der Waals surface area contributed by atoms with E-state index >= 15 is 0 Å². The van der Waals surface area contributed by atoms with Crippen molar-refractivity contribution >= 4 is 17.0 Å². The first-order valence-corrected chi connectivity index (χ1v) is 5.77. The molecule has 0 saturated carbocycles. The summed E-state index contributed by atoms with van der Waals surface area (Å²) >= 11 is 0.904. The molecule has 1 N–H and O–H groups in total. The predicted molar refractivity (Wildman–Crippen MR) is 62.4 cm³/mol. The minimum atomic E-state index is -4.69. The van der Waals surface area contributed by atoms with Gasteiger partial charge in [0.2, 0.25) is 0 Å². The highest BCUT2D eigenvalue weighted by Crippen LogP contribution is 2.33. The maximum atomic E-state index is 12.2. The zero-order valence-corrected chi connectivity index (χ0v) is 10.5. The van der Waals surface area contributed by atoms with Crippen LogP contribution in [0.2, 0.25) is 0 Å². The quantitative estimate of drug-likeness (QED) is 0.846. The van der Waals surface area contributed by atoms with Gasteiger partial charge >= 0.3 is 6.18 Å². The van der Waals surface area contributed by atoms with Gasteiger partial charge in [0, 0.05) is 19.0 Å². The molecule has 1 rings (SSSR count). The monoisotopic (exact) mass is 279 g/mol. The normalized spacial score (nSPS) is 13.2. The number of rotatable bonds is 2. The van der Waals surface area contributed by atoms with Crippen LogP contribution in [0.3, 0.4) is 0 Å². The molecule has 100 valence electrons. The third kappa shape index (κ3) is 3.92. The maximum absolute atomic E-state index is 12.2.